The van der Waals surface area contributed by atoms with Crippen LogP contribution in [-0.4, -0.2) is 21.0 Å². The van der Waals surface area contributed by atoms with Gasteiger partial charge in [0.1, 0.15) is 0 Å². The van der Waals surface area contributed by atoms with Crippen LogP contribution in [0, 0.1) is 6.92 Å². The van der Waals surface area contributed by atoms with E-state index in [1.54, 1.807) is 11.3 Å². The molecule has 0 aliphatic rings. The number of hydrogen-bond acceptors (Lipinski definition) is 4. The molecule has 2 aromatic heterocycles. The first kappa shape index (κ1) is 11.5. The molecular formula is C12H10N2O2S. The largest absolute Gasteiger partial charge is 0.478 e. The Morgan fingerprint density at radius 2 is 2.29 bits per heavy atom. The lowest BCUT2D eigenvalue weighted by Crippen LogP contribution is -1.94. The predicted octanol–water partition coefficient (Wildman–Crippen LogP) is 2.61. The van der Waals surface area contributed by atoms with E-state index in [1.807, 2.05) is 30.5 Å². The summed E-state index contributed by atoms with van der Waals surface area (Å²) in [6, 6.07) is 5.80. The van der Waals surface area contributed by atoms with Crippen LogP contribution in [0.4, 0.5) is 0 Å². The maximum Gasteiger partial charge on any atom is 0.328 e. The van der Waals surface area contributed by atoms with Gasteiger partial charge < -0.3 is 5.11 Å². The van der Waals surface area contributed by atoms with Gasteiger partial charge in [0.05, 0.1) is 10.6 Å². The van der Waals surface area contributed by atoms with Crippen LogP contribution >= 0.6 is 11.3 Å². The number of hydrogen-bond donors (Lipinski definition) is 1. The van der Waals surface area contributed by atoms with Crippen molar-refractivity contribution in [3.63, 3.8) is 0 Å². The fourth-order valence-electron chi connectivity index (χ4n) is 1.36. The predicted molar refractivity (Wildman–Crippen MR) is 66.8 cm³/mol. The van der Waals surface area contributed by atoms with Crippen molar-refractivity contribution in [3.05, 3.63) is 41.2 Å². The van der Waals surface area contributed by atoms with Crippen LogP contribution < -0.4 is 0 Å². The molecule has 0 bridgehead atoms. The minimum atomic E-state index is -1.01. The van der Waals surface area contributed by atoms with E-state index in [0.29, 0.717) is 5.82 Å². The minimum Gasteiger partial charge on any atom is -0.478 e. The number of thiophene rings is 1. The summed E-state index contributed by atoms with van der Waals surface area (Å²) in [4.78, 5) is 19.9. The molecule has 0 atom stereocenters. The van der Waals surface area contributed by atoms with Gasteiger partial charge in [-0.1, -0.05) is 6.07 Å². The number of aryl methyl sites for hydroxylation is 1. The van der Waals surface area contributed by atoms with E-state index in [1.165, 1.54) is 6.08 Å². The first-order valence-corrected chi connectivity index (χ1v) is 5.84. The van der Waals surface area contributed by atoms with Crippen molar-refractivity contribution in [2.75, 3.05) is 0 Å². The Balaban J connectivity index is 2.39. The smallest absolute Gasteiger partial charge is 0.328 e. The van der Waals surface area contributed by atoms with E-state index < -0.39 is 5.97 Å². The molecule has 4 nitrogen and oxygen atoms in total. The zero-order chi connectivity index (χ0) is 12.3. The Morgan fingerprint density at radius 1 is 1.47 bits per heavy atom. The average Bonchev–Trinajstić information content (AvgIpc) is 2.79. The van der Waals surface area contributed by atoms with Crippen molar-refractivity contribution in [2.45, 2.75) is 6.92 Å². The second-order valence-electron chi connectivity index (χ2n) is 3.40. The van der Waals surface area contributed by atoms with E-state index in [0.717, 1.165) is 22.3 Å². The molecule has 0 radical (unpaired) electrons. The molecule has 0 aliphatic heterocycles. The van der Waals surface area contributed by atoms with Crippen LogP contribution in [0.3, 0.4) is 0 Å². The number of aliphatic carboxylic acids is 1. The highest BCUT2D eigenvalue weighted by molar-refractivity contribution is 7.13. The van der Waals surface area contributed by atoms with E-state index in [2.05, 4.69) is 9.97 Å². The van der Waals surface area contributed by atoms with Gasteiger partial charge >= 0.3 is 5.97 Å². The summed E-state index contributed by atoms with van der Waals surface area (Å²) in [6.07, 6.45) is 2.43. The topological polar surface area (TPSA) is 63.1 Å². The fraction of sp³-hybridized carbons (Fsp3) is 0.0833. The zero-order valence-electron chi connectivity index (χ0n) is 9.12. The summed E-state index contributed by atoms with van der Waals surface area (Å²) < 4.78 is 0. The maximum absolute atomic E-state index is 10.4. The highest BCUT2D eigenvalue weighted by atomic mass is 32.1. The van der Waals surface area contributed by atoms with Gasteiger partial charge in [-0.3, -0.25) is 0 Å². The summed E-state index contributed by atoms with van der Waals surface area (Å²) in [7, 11) is 0. The van der Waals surface area contributed by atoms with Crippen LogP contribution in [-0.2, 0) is 4.79 Å². The molecule has 0 aliphatic carbocycles. The van der Waals surface area contributed by atoms with Crippen LogP contribution in [0.25, 0.3) is 16.6 Å². The molecule has 2 heterocycles. The van der Waals surface area contributed by atoms with Gasteiger partial charge in [-0.2, -0.15) is 0 Å². The molecule has 0 unspecified atom stereocenters. The van der Waals surface area contributed by atoms with Gasteiger partial charge in [0.2, 0.25) is 0 Å². The van der Waals surface area contributed by atoms with Crippen molar-refractivity contribution in [2.24, 2.45) is 0 Å². The summed E-state index contributed by atoms with van der Waals surface area (Å²) in [5.74, 6) is -0.594. The molecule has 0 aromatic carbocycles. The van der Waals surface area contributed by atoms with Gasteiger partial charge in [-0.05, 0) is 30.5 Å². The Kier molecular flexibility index (Phi) is 3.30. The Hall–Kier alpha value is -2.01. The summed E-state index contributed by atoms with van der Waals surface area (Å²) in [6.45, 7) is 1.86. The lowest BCUT2D eigenvalue weighted by Gasteiger charge is -2.00. The number of carboxylic acid groups (broad SMARTS) is 1. The van der Waals surface area contributed by atoms with Crippen molar-refractivity contribution in [3.8, 4) is 10.6 Å². The lowest BCUT2D eigenvalue weighted by molar-refractivity contribution is -0.131. The molecule has 2 rings (SSSR count). The molecule has 0 fully saturated rings. The molecule has 2 aromatic rings. The fourth-order valence-corrected chi connectivity index (χ4v) is 2.05. The van der Waals surface area contributed by atoms with Crippen LogP contribution in [0.5, 0.6) is 0 Å². The summed E-state index contributed by atoms with van der Waals surface area (Å²) in [5, 5.41) is 10.5. The second kappa shape index (κ2) is 4.88. The summed E-state index contributed by atoms with van der Waals surface area (Å²) >= 11 is 1.59. The highest BCUT2D eigenvalue weighted by Crippen LogP contribution is 2.23. The van der Waals surface area contributed by atoms with Crippen molar-refractivity contribution >= 4 is 23.4 Å². The molecule has 5 heteroatoms. The SMILES string of the molecule is Cc1cc(-c2cccs2)nc(/C=C/C(=O)O)n1. The molecule has 0 amide bonds. The molecule has 1 N–H and O–H groups in total. The monoisotopic (exact) mass is 246 g/mol. The molecule has 86 valence electrons. The Morgan fingerprint density at radius 3 is 2.94 bits per heavy atom. The number of carbonyl (C=O) groups is 1. The lowest BCUT2D eigenvalue weighted by atomic mass is 10.3. The Bertz CT molecular complexity index is 562. The average molecular weight is 246 g/mol. The third kappa shape index (κ3) is 2.98. The first-order valence-electron chi connectivity index (χ1n) is 4.96. The number of aromatic nitrogens is 2. The second-order valence-corrected chi connectivity index (χ2v) is 4.35. The van der Waals surface area contributed by atoms with Gasteiger partial charge in [0.15, 0.2) is 5.82 Å². The zero-order valence-corrected chi connectivity index (χ0v) is 9.94. The maximum atomic E-state index is 10.4. The van der Waals surface area contributed by atoms with E-state index in [9.17, 15) is 4.79 Å². The molecule has 17 heavy (non-hydrogen) atoms. The van der Waals surface area contributed by atoms with Gasteiger partial charge in [-0.15, -0.1) is 11.3 Å². The third-order valence-corrected chi connectivity index (χ3v) is 2.91. The highest BCUT2D eigenvalue weighted by Gasteiger charge is 2.03. The third-order valence-electron chi connectivity index (χ3n) is 2.02. The van der Waals surface area contributed by atoms with Gasteiger partial charge in [0, 0.05) is 11.8 Å². The van der Waals surface area contributed by atoms with Crippen LogP contribution in [0.1, 0.15) is 11.5 Å². The van der Waals surface area contributed by atoms with Gasteiger partial charge in [-0.25, -0.2) is 14.8 Å². The minimum absolute atomic E-state index is 0.413. The normalized spacial score (nSPS) is 10.9. The number of rotatable bonds is 3. The molecular weight excluding hydrogens is 236 g/mol. The van der Waals surface area contributed by atoms with E-state index in [-0.39, 0.29) is 0 Å². The standard InChI is InChI=1S/C12H10N2O2S/c1-8-7-9(10-3-2-6-17-10)14-11(13-8)4-5-12(15)16/h2-7H,1H3,(H,15,16)/b5-4+. The summed E-state index contributed by atoms with van der Waals surface area (Å²) in [5.41, 5.74) is 1.63. The van der Waals surface area contributed by atoms with Gasteiger partial charge in [0.25, 0.3) is 0 Å². The van der Waals surface area contributed by atoms with Crippen molar-refractivity contribution < 1.29 is 9.90 Å². The number of carboxylic acids is 1. The van der Waals surface area contributed by atoms with Crippen LogP contribution in [0.15, 0.2) is 29.7 Å². The van der Waals surface area contributed by atoms with E-state index >= 15 is 0 Å². The van der Waals surface area contributed by atoms with Crippen LogP contribution in [0.2, 0.25) is 0 Å². The molecule has 0 saturated carbocycles. The molecule has 0 spiro atoms. The Labute approximate surface area is 102 Å². The quantitative estimate of drug-likeness (QED) is 0.845. The first-order chi connectivity index (χ1) is 8.15. The number of nitrogens with zero attached hydrogens (tertiary/aromatic N) is 2. The van der Waals surface area contributed by atoms with Crippen molar-refractivity contribution in [1.82, 2.24) is 9.97 Å². The van der Waals surface area contributed by atoms with Crippen molar-refractivity contribution in [1.29, 1.82) is 0 Å². The molecule has 0 saturated heterocycles. The van der Waals surface area contributed by atoms with E-state index in [4.69, 9.17) is 5.11 Å².